The summed E-state index contributed by atoms with van der Waals surface area (Å²) in [7, 11) is 3.03. The number of carbonyl (C=O) groups excluding carboxylic acids is 1. The Hall–Kier alpha value is -2.89. The van der Waals surface area contributed by atoms with Crippen LogP contribution in [0.4, 0.5) is 10.5 Å². The normalized spacial score (nSPS) is 9.91. The first-order chi connectivity index (χ1) is 10.6. The predicted molar refractivity (Wildman–Crippen MR) is 83.5 cm³/mol. The molecule has 0 spiro atoms. The Bertz CT molecular complexity index is 658. The highest BCUT2D eigenvalue weighted by Crippen LogP contribution is 2.29. The topological polar surface area (TPSA) is 79.8 Å². The fourth-order valence-corrected chi connectivity index (χ4v) is 1.93. The molecule has 6 heteroatoms. The summed E-state index contributed by atoms with van der Waals surface area (Å²) in [4.78, 5) is 11.9. The van der Waals surface area contributed by atoms with Gasteiger partial charge in [0.25, 0.3) is 0 Å². The minimum Gasteiger partial charge on any atom is -0.504 e. The SMILES string of the molecule is COc1cccc(NC(=O)NCc2cccc(OC)c2O)c1. The number of phenolic OH excluding ortho intramolecular Hbond substituents is 1. The molecule has 0 aliphatic carbocycles. The summed E-state index contributed by atoms with van der Waals surface area (Å²) in [6.07, 6.45) is 0. The first kappa shape index (κ1) is 15.5. The van der Waals surface area contributed by atoms with Gasteiger partial charge in [-0.15, -0.1) is 0 Å². The quantitative estimate of drug-likeness (QED) is 0.793. The van der Waals surface area contributed by atoms with E-state index in [0.717, 1.165) is 0 Å². The van der Waals surface area contributed by atoms with Gasteiger partial charge in [0.2, 0.25) is 0 Å². The van der Waals surface area contributed by atoms with Gasteiger partial charge in [0, 0.05) is 23.9 Å². The fourth-order valence-electron chi connectivity index (χ4n) is 1.93. The number of benzene rings is 2. The number of urea groups is 1. The lowest BCUT2D eigenvalue weighted by atomic mass is 10.2. The maximum Gasteiger partial charge on any atom is 0.319 e. The van der Waals surface area contributed by atoms with E-state index < -0.39 is 0 Å². The van der Waals surface area contributed by atoms with Crippen LogP contribution in [0.25, 0.3) is 0 Å². The van der Waals surface area contributed by atoms with Gasteiger partial charge < -0.3 is 25.2 Å². The molecule has 0 radical (unpaired) electrons. The van der Waals surface area contributed by atoms with Crippen LogP contribution in [-0.2, 0) is 6.54 Å². The van der Waals surface area contributed by atoms with Crippen LogP contribution in [0.1, 0.15) is 5.56 Å². The van der Waals surface area contributed by atoms with Crippen LogP contribution < -0.4 is 20.1 Å². The van der Waals surface area contributed by atoms with Crippen molar-refractivity contribution < 1.29 is 19.4 Å². The molecule has 2 rings (SSSR count). The minimum absolute atomic E-state index is 0.0201. The average Bonchev–Trinajstić information content (AvgIpc) is 2.54. The molecule has 3 N–H and O–H groups in total. The van der Waals surface area contributed by atoms with Crippen molar-refractivity contribution in [2.24, 2.45) is 0 Å². The number of carbonyl (C=O) groups is 1. The van der Waals surface area contributed by atoms with Crippen molar-refractivity contribution >= 4 is 11.7 Å². The summed E-state index contributed by atoms with van der Waals surface area (Å²) in [6, 6.07) is 11.8. The van der Waals surface area contributed by atoms with Gasteiger partial charge in [-0.3, -0.25) is 0 Å². The van der Waals surface area contributed by atoms with Crippen LogP contribution in [0.3, 0.4) is 0 Å². The summed E-state index contributed by atoms with van der Waals surface area (Å²) >= 11 is 0. The van der Waals surface area contributed by atoms with Gasteiger partial charge in [0.15, 0.2) is 11.5 Å². The van der Waals surface area contributed by atoms with Crippen LogP contribution in [0.2, 0.25) is 0 Å². The molecule has 6 nitrogen and oxygen atoms in total. The zero-order chi connectivity index (χ0) is 15.9. The Balaban J connectivity index is 1.95. The second-order valence-electron chi connectivity index (χ2n) is 4.51. The molecule has 116 valence electrons. The standard InChI is InChI=1S/C16H18N2O4/c1-21-13-7-4-6-12(9-13)18-16(20)17-10-11-5-3-8-14(22-2)15(11)19/h3-9,19H,10H2,1-2H3,(H2,17,18,20). The Morgan fingerprint density at radius 2 is 1.91 bits per heavy atom. The van der Waals surface area contributed by atoms with E-state index >= 15 is 0 Å². The number of anilines is 1. The molecule has 2 aromatic rings. The maximum absolute atomic E-state index is 11.9. The van der Waals surface area contributed by atoms with Crippen LogP contribution >= 0.6 is 0 Å². The molecule has 2 amide bonds. The Morgan fingerprint density at radius 3 is 2.64 bits per heavy atom. The van der Waals surface area contributed by atoms with Crippen LogP contribution in [0.5, 0.6) is 17.2 Å². The number of rotatable bonds is 5. The third-order valence-corrected chi connectivity index (χ3v) is 3.07. The summed E-state index contributed by atoms with van der Waals surface area (Å²) in [5.74, 6) is 1.04. The van der Waals surface area contributed by atoms with Gasteiger partial charge in [-0.25, -0.2) is 4.79 Å². The van der Waals surface area contributed by atoms with Gasteiger partial charge in [-0.1, -0.05) is 18.2 Å². The van der Waals surface area contributed by atoms with Crippen molar-refractivity contribution in [3.8, 4) is 17.2 Å². The molecule has 0 bridgehead atoms. The average molecular weight is 302 g/mol. The molecule has 2 aromatic carbocycles. The molecular weight excluding hydrogens is 284 g/mol. The van der Waals surface area contributed by atoms with E-state index in [-0.39, 0.29) is 18.3 Å². The highest BCUT2D eigenvalue weighted by atomic mass is 16.5. The lowest BCUT2D eigenvalue weighted by molar-refractivity contribution is 0.251. The van der Waals surface area contributed by atoms with E-state index in [1.54, 1.807) is 49.6 Å². The molecule has 0 fully saturated rings. The number of nitrogens with one attached hydrogen (secondary N) is 2. The summed E-state index contributed by atoms with van der Waals surface area (Å²) in [6.45, 7) is 0.179. The van der Waals surface area contributed by atoms with Gasteiger partial charge >= 0.3 is 6.03 Å². The van der Waals surface area contributed by atoms with Crippen molar-refractivity contribution in [1.82, 2.24) is 5.32 Å². The van der Waals surface area contributed by atoms with E-state index in [4.69, 9.17) is 9.47 Å². The second-order valence-corrected chi connectivity index (χ2v) is 4.51. The van der Waals surface area contributed by atoms with Gasteiger partial charge in [0.1, 0.15) is 5.75 Å². The second kappa shape index (κ2) is 7.21. The van der Waals surface area contributed by atoms with E-state index in [2.05, 4.69) is 10.6 Å². The van der Waals surface area contributed by atoms with Crippen molar-refractivity contribution in [1.29, 1.82) is 0 Å². The van der Waals surface area contributed by atoms with Gasteiger partial charge in [-0.05, 0) is 18.2 Å². The molecule has 0 unspecified atom stereocenters. The number of amides is 2. The minimum atomic E-state index is -0.379. The van der Waals surface area contributed by atoms with E-state index in [0.29, 0.717) is 22.7 Å². The smallest absolute Gasteiger partial charge is 0.319 e. The zero-order valence-corrected chi connectivity index (χ0v) is 12.4. The van der Waals surface area contributed by atoms with Crippen molar-refractivity contribution in [3.63, 3.8) is 0 Å². The third kappa shape index (κ3) is 3.82. The summed E-state index contributed by atoms with van der Waals surface area (Å²) in [5.41, 5.74) is 1.19. The highest BCUT2D eigenvalue weighted by Gasteiger charge is 2.09. The Morgan fingerprint density at radius 1 is 1.14 bits per heavy atom. The molecule has 0 heterocycles. The molecule has 22 heavy (non-hydrogen) atoms. The first-order valence-electron chi connectivity index (χ1n) is 6.67. The monoisotopic (exact) mass is 302 g/mol. The molecule has 0 saturated carbocycles. The van der Waals surface area contributed by atoms with Crippen LogP contribution in [0, 0.1) is 0 Å². The Labute approximate surface area is 128 Å². The lowest BCUT2D eigenvalue weighted by Crippen LogP contribution is -2.28. The number of ether oxygens (including phenoxy) is 2. The van der Waals surface area contributed by atoms with Crippen molar-refractivity contribution in [2.75, 3.05) is 19.5 Å². The van der Waals surface area contributed by atoms with E-state index in [1.807, 2.05) is 0 Å². The van der Waals surface area contributed by atoms with E-state index in [1.165, 1.54) is 7.11 Å². The first-order valence-corrected chi connectivity index (χ1v) is 6.67. The molecule has 0 aromatic heterocycles. The van der Waals surface area contributed by atoms with Crippen molar-refractivity contribution in [2.45, 2.75) is 6.54 Å². The van der Waals surface area contributed by atoms with Gasteiger partial charge in [-0.2, -0.15) is 0 Å². The maximum atomic E-state index is 11.9. The lowest BCUT2D eigenvalue weighted by Gasteiger charge is -2.11. The predicted octanol–water partition coefficient (Wildman–Crippen LogP) is 2.73. The number of phenols is 1. The van der Waals surface area contributed by atoms with Crippen molar-refractivity contribution in [3.05, 3.63) is 48.0 Å². The molecule has 0 aliphatic rings. The van der Waals surface area contributed by atoms with E-state index in [9.17, 15) is 9.90 Å². The number of methoxy groups -OCH3 is 2. The zero-order valence-electron chi connectivity index (χ0n) is 12.4. The molecule has 0 aliphatic heterocycles. The van der Waals surface area contributed by atoms with Crippen LogP contribution in [-0.4, -0.2) is 25.4 Å². The molecular formula is C16H18N2O4. The number of para-hydroxylation sites is 1. The summed E-state index contributed by atoms with van der Waals surface area (Å²) in [5, 5.41) is 15.3. The van der Waals surface area contributed by atoms with Gasteiger partial charge in [0.05, 0.1) is 14.2 Å². The Kier molecular flexibility index (Phi) is 5.08. The third-order valence-electron chi connectivity index (χ3n) is 3.07. The molecule has 0 saturated heterocycles. The summed E-state index contributed by atoms with van der Waals surface area (Å²) < 4.78 is 10.1. The number of hydrogen-bond acceptors (Lipinski definition) is 4. The fraction of sp³-hybridized carbons (Fsp3) is 0.188. The number of aromatic hydroxyl groups is 1. The van der Waals surface area contributed by atoms with Crippen LogP contribution in [0.15, 0.2) is 42.5 Å². The highest BCUT2D eigenvalue weighted by molar-refractivity contribution is 5.89. The largest absolute Gasteiger partial charge is 0.504 e. The number of hydrogen-bond donors (Lipinski definition) is 3. The molecule has 0 atom stereocenters.